The Labute approximate surface area is 122 Å². The summed E-state index contributed by atoms with van der Waals surface area (Å²) < 4.78 is 26.7. The van der Waals surface area contributed by atoms with Crippen molar-refractivity contribution in [1.82, 2.24) is 0 Å². The Hall–Kier alpha value is -1.39. The molecule has 1 atom stereocenters. The van der Waals surface area contributed by atoms with E-state index in [2.05, 4.69) is 13.0 Å². The minimum atomic E-state index is -0.530. The van der Waals surface area contributed by atoms with Gasteiger partial charge in [0.05, 0.1) is 0 Å². The molecule has 0 aliphatic carbocycles. The molecule has 2 aromatic rings. The van der Waals surface area contributed by atoms with E-state index in [4.69, 9.17) is 5.73 Å². The van der Waals surface area contributed by atoms with E-state index in [0.717, 1.165) is 17.0 Å². The van der Waals surface area contributed by atoms with E-state index in [1.807, 2.05) is 19.1 Å². The highest BCUT2D eigenvalue weighted by molar-refractivity contribution is 7.99. The molecule has 1 nitrogen and oxygen atoms in total. The quantitative estimate of drug-likeness (QED) is 0.847. The van der Waals surface area contributed by atoms with Crippen LogP contribution in [0, 0.1) is 25.5 Å². The van der Waals surface area contributed by atoms with Gasteiger partial charge in [0.15, 0.2) is 0 Å². The van der Waals surface area contributed by atoms with Crippen LogP contribution in [0.2, 0.25) is 0 Å². The average Bonchev–Trinajstić information content (AvgIpc) is 2.42. The van der Waals surface area contributed by atoms with Gasteiger partial charge in [-0.1, -0.05) is 6.07 Å². The molecular weight excluding hydrogens is 276 g/mol. The minimum Gasteiger partial charge on any atom is -0.323 e. The van der Waals surface area contributed by atoms with Crippen LogP contribution in [0.3, 0.4) is 0 Å². The van der Waals surface area contributed by atoms with Crippen LogP contribution < -0.4 is 5.73 Å². The standard InChI is InChI=1S/C16H17F2NS/c1-10-3-5-13(7-11(10)2)20-9-16(19)14-8-12(17)4-6-15(14)18/h3-8,16H,9,19H2,1-2H3. The van der Waals surface area contributed by atoms with Crippen LogP contribution >= 0.6 is 11.8 Å². The number of thioether (sulfide) groups is 1. The molecule has 0 aliphatic rings. The third-order valence-electron chi connectivity index (χ3n) is 3.27. The van der Waals surface area contributed by atoms with E-state index in [1.54, 1.807) is 11.8 Å². The van der Waals surface area contributed by atoms with E-state index >= 15 is 0 Å². The van der Waals surface area contributed by atoms with E-state index in [0.29, 0.717) is 5.75 Å². The predicted octanol–water partition coefficient (Wildman–Crippen LogP) is 4.37. The molecule has 2 N–H and O–H groups in total. The number of benzene rings is 2. The molecular formula is C16H17F2NS. The van der Waals surface area contributed by atoms with Crippen molar-refractivity contribution in [2.45, 2.75) is 24.8 Å². The number of hydrogen-bond donors (Lipinski definition) is 1. The molecule has 0 radical (unpaired) electrons. The van der Waals surface area contributed by atoms with Gasteiger partial charge < -0.3 is 5.73 Å². The van der Waals surface area contributed by atoms with Crippen molar-refractivity contribution in [1.29, 1.82) is 0 Å². The van der Waals surface area contributed by atoms with Crippen molar-refractivity contribution in [3.8, 4) is 0 Å². The first-order valence-corrected chi connectivity index (χ1v) is 7.36. The summed E-state index contributed by atoms with van der Waals surface area (Å²) in [6.45, 7) is 4.10. The van der Waals surface area contributed by atoms with Crippen LogP contribution in [-0.2, 0) is 0 Å². The second-order valence-electron chi connectivity index (χ2n) is 4.83. The smallest absolute Gasteiger partial charge is 0.128 e. The number of aryl methyl sites for hydroxylation is 2. The molecule has 2 rings (SSSR count). The summed E-state index contributed by atoms with van der Waals surface area (Å²) in [6.07, 6.45) is 0. The van der Waals surface area contributed by atoms with Crippen molar-refractivity contribution in [2.75, 3.05) is 5.75 Å². The van der Waals surface area contributed by atoms with E-state index in [9.17, 15) is 8.78 Å². The lowest BCUT2D eigenvalue weighted by Crippen LogP contribution is -2.15. The molecule has 0 bridgehead atoms. The summed E-state index contributed by atoms with van der Waals surface area (Å²) in [5.41, 5.74) is 8.62. The summed E-state index contributed by atoms with van der Waals surface area (Å²) in [7, 11) is 0. The van der Waals surface area contributed by atoms with Gasteiger partial charge >= 0.3 is 0 Å². The fourth-order valence-electron chi connectivity index (χ4n) is 1.88. The molecule has 0 saturated carbocycles. The lowest BCUT2D eigenvalue weighted by molar-refractivity contribution is 0.573. The van der Waals surface area contributed by atoms with E-state index in [1.165, 1.54) is 17.2 Å². The Morgan fingerprint density at radius 3 is 2.50 bits per heavy atom. The molecule has 0 aliphatic heterocycles. The number of halogens is 2. The Bertz CT molecular complexity index is 613. The second kappa shape index (κ2) is 6.37. The molecule has 20 heavy (non-hydrogen) atoms. The van der Waals surface area contributed by atoms with Gasteiger partial charge in [-0.15, -0.1) is 11.8 Å². The van der Waals surface area contributed by atoms with Gasteiger partial charge in [0.25, 0.3) is 0 Å². The van der Waals surface area contributed by atoms with Gasteiger partial charge in [-0.25, -0.2) is 8.78 Å². The van der Waals surface area contributed by atoms with Gasteiger partial charge in [-0.3, -0.25) is 0 Å². The lowest BCUT2D eigenvalue weighted by Gasteiger charge is -2.13. The number of rotatable bonds is 4. The fraction of sp³-hybridized carbons (Fsp3) is 0.250. The average molecular weight is 293 g/mol. The first-order chi connectivity index (χ1) is 9.47. The molecule has 0 aromatic heterocycles. The van der Waals surface area contributed by atoms with Crippen LogP contribution in [0.1, 0.15) is 22.7 Å². The highest BCUT2D eigenvalue weighted by Gasteiger charge is 2.13. The van der Waals surface area contributed by atoms with Crippen molar-refractivity contribution in [3.63, 3.8) is 0 Å². The maximum Gasteiger partial charge on any atom is 0.128 e. The van der Waals surface area contributed by atoms with Crippen molar-refractivity contribution >= 4 is 11.8 Å². The molecule has 0 amide bonds. The minimum absolute atomic E-state index is 0.223. The lowest BCUT2D eigenvalue weighted by atomic mass is 10.1. The highest BCUT2D eigenvalue weighted by atomic mass is 32.2. The maximum absolute atomic E-state index is 13.6. The normalized spacial score (nSPS) is 12.4. The van der Waals surface area contributed by atoms with E-state index in [-0.39, 0.29) is 5.56 Å². The first kappa shape index (κ1) is 15.0. The first-order valence-electron chi connectivity index (χ1n) is 6.38. The van der Waals surface area contributed by atoms with Crippen molar-refractivity contribution in [3.05, 3.63) is 64.7 Å². The maximum atomic E-state index is 13.6. The third kappa shape index (κ3) is 3.58. The number of hydrogen-bond acceptors (Lipinski definition) is 2. The van der Waals surface area contributed by atoms with Crippen LogP contribution in [0.5, 0.6) is 0 Å². The summed E-state index contributed by atoms with van der Waals surface area (Å²) in [5.74, 6) is -0.421. The molecule has 0 heterocycles. The molecule has 0 fully saturated rings. The van der Waals surface area contributed by atoms with Gasteiger partial charge in [-0.05, 0) is 55.3 Å². The zero-order valence-electron chi connectivity index (χ0n) is 11.5. The molecule has 1 unspecified atom stereocenters. The summed E-state index contributed by atoms with van der Waals surface area (Å²) >= 11 is 1.55. The van der Waals surface area contributed by atoms with E-state index < -0.39 is 17.7 Å². The van der Waals surface area contributed by atoms with Crippen LogP contribution in [0.25, 0.3) is 0 Å². The monoisotopic (exact) mass is 293 g/mol. The molecule has 0 saturated heterocycles. The zero-order valence-corrected chi connectivity index (χ0v) is 12.3. The van der Waals surface area contributed by atoms with Gasteiger partial charge in [0, 0.05) is 22.3 Å². The molecule has 2 aromatic carbocycles. The topological polar surface area (TPSA) is 26.0 Å². The Kier molecular flexibility index (Phi) is 4.78. The summed E-state index contributed by atoms with van der Waals surface area (Å²) in [5, 5.41) is 0. The van der Waals surface area contributed by atoms with Gasteiger partial charge in [0.2, 0.25) is 0 Å². The molecule has 4 heteroatoms. The Morgan fingerprint density at radius 1 is 1.05 bits per heavy atom. The molecule has 0 spiro atoms. The number of nitrogens with two attached hydrogens (primary N) is 1. The van der Waals surface area contributed by atoms with Crippen LogP contribution in [0.4, 0.5) is 8.78 Å². The summed E-state index contributed by atoms with van der Waals surface area (Å²) in [6, 6.07) is 8.99. The Balaban J connectivity index is 2.06. The zero-order chi connectivity index (χ0) is 14.7. The highest BCUT2D eigenvalue weighted by Crippen LogP contribution is 2.26. The fourth-order valence-corrected chi connectivity index (χ4v) is 2.85. The van der Waals surface area contributed by atoms with Gasteiger partial charge in [0.1, 0.15) is 11.6 Å². The SMILES string of the molecule is Cc1ccc(SCC(N)c2cc(F)ccc2F)cc1C. The van der Waals surface area contributed by atoms with Crippen molar-refractivity contribution < 1.29 is 8.78 Å². The van der Waals surface area contributed by atoms with Crippen LogP contribution in [-0.4, -0.2) is 5.75 Å². The van der Waals surface area contributed by atoms with Crippen molar-refractivity contribution in [2.24, 2.45) is 5.73 Å². The largest absolute Gasteiger partial charge is 0.323 e. The van der Waals surface area contributed by atoms with Gasteiger partial charge in [-0.2, -0.15) is 0 Å². The Morgan fingerprint density at radius 2 is 1.80 bits per heavy atom. The third-order valence-corrected chi connectivity index (χ3v) is 4.38. The summed E-state index contributed by atoms with van der Waals surface area (Å²) in [4.78, 5) is 1.08. The second-order valence-corrected chi connectivity index (χ2v) is 5.92. The van der Waals surface area contributed by atoms with Crippen LogP contribution in [0.15, 0.2) is 41.3 Å². The predicted molar refractivity (Wildman–Crippen MR) is 79.9 cm³/mol. The molecule has 106 valence electrons.